The van der Waals surface area contributed by atoms with Crippen molar-refractivity contribution < 1.29 is 27.9 Å². The van der Waals surface area contributed by atoms with Crippen molar-refractivity contribution in [1.29, 1.82) is 0 Å². The highest BCUT2D eigenvalue weighted by molar-refractivity contribution is 5.79. The summed E-state index contributed by atoms with van der Waals surface area (Å²) in [6, 6.07) is 8.66. The van der Waals surface area contributed by atoms with Crippen LogP contribution in [-0.4, -0.2) is 58.1 Å². The molecule has 2 fully saturated rings. The van der Waals surface area contributed by atoms with Crippen LogP contribution in [0.1, 0.15) is 57.1 Å². The number of amides is 1. The minimum absolute atomic E-state index is 0.105. The number of rotatable bonds is 4. The summed E-state index contributed by atoms with van der Waals surface area (Å²) in [4.78, 5) is 26.3. The average molecular weight is 443 g/mol. The molecule has 0 aliphatic carbocycles. The number of halogens is 3. The number of alkyl halides is 3. The van der Waals surface area contributed by atoms with Gasteiger partial charge in [-0.15, -0.1) is 0 Å². The maximum Gasteiger partial charge on any atom is 0.490 e. The van der Waals surface area contributed by atoms with Gasteiger partial charge in [-0.1, -0.05) is 43.7 Å². The molecule has 1 aromatic carbocycles. The lowest BCUT2D eigenvalue weighted by molar-refractivity contribution is -0.192. The molecule has 174 valence electrons. The molecule has 3 rings (SSSR count). The molecule has 1 unspecified atom stereocenters. The zero-order chi connectivity index (χ0) is 23.2. The summed E-state index contributed by atoms with van der Waals surface area (Å²) in [6.45, 7) is 11.0. The molecule has 0 bridgehead atoms. The number of aryl methyl sites for hydroxylation is 1. The van der Waals surface area contributed by atoms with Crippen molar-refractivity contribution in [2.45, 2.75) is 71.1 Å². The molecule has 0 radical (unpaired) electrons. The number of nitrogens with zero attached hydrogens (tertiary/aromatic N) is 2. The molecule has 2 aliphatic rings. The molecule has 2 heterocycles. The van der Waals surface area contributed by atoms with E-state index >= 15 is 0 Å². The van der Waals surface area contributed by atoms with Crippen molar-refractivity contribution in [3.63, 3.8) is 0 Å². The molecule has 5 nitrogen and oxygen atoms in total. The summed E-state index contributed by atoms with van der Waals surface area (Å²) in [5.74, 6) is -1.69. The monoisotopic (exact) mass is 442 g/mol. The molecular formula is C23H33F3N2O3. The number of carbonyl (C=O) groups excluding carboxylic acids is 1. The first-order chi connectivity index (χ1) is 14.4. The van der Waals surface area contributed by atoms with Crippen LogP contribution in [-0.2, 0) is 16.1 Å². The molecule has 0 aromatic heterocycles. The Labute approximate surface area is 182 Å². The van der Waals surface area contributed by atoms with Crippen molar-refractivity contribution in [1.82, 2.24) is 9.80 Å². The van der Waals surface area contributed by atoms with Crippen molar-refractivity contribution in [2.75, 3.05) is 19.6 Å². The van der Waals surface area contributed by atoms with Crippen molar-refractivity contribution in [3.05, 3.63) is 35.4 Å². The smallest absolute Gasteiger partial charge is 0.475 e. The molecule has 1 amide bonds. The zero-order valence-corrected chi connectivity index (χ0v) is 18.5. The number of carbonyl (C=O) groups is 2. The molecule has 0 saturated carbocycles. The largest absolute Gasteiger partial charge is 0.490 e. The first kappa shape index (κ1) is 25.2. The van der Waals surface area contributed by atoms with Gasteiger partial charge in [-0.05, 0) is 50.6 Å². The van der Waals surface area contributed by atoms with Gasteiger partial charge in [-0.3, -0.25) is 4.79 Å². The quantitative estimate of drug-likeness (QED) is 0.739. The molecular weight excluding hydrogens is 409 g/mol. The van der Waals surface area contributed by atoms with Crippen LogP contribution in [0.2, 0.25) is 0 Å². The van der Waals surface area contributed by atoms with Crippen molar-refractivity contribution in [3.8, 4) is 0 Å². The van der Waals surface area contributed by atoms with Crippen LogP contribution in [0.5, 0.6) is 0 Å². The molecule has 1 spiro atoms. The Kier molecular flexibility index (Phi) is 8.51. The molecule has 1 N–H and O–H groups in total. The third-order valence-corrected chi connectivity index (χ3v) is 6.01. The van der Waals surface area contributed by atoms with Crippen LogP contribution in [0.4, 0.5) is 13.2 Å². The second-order valence-corrected chi connectivity index (χ2v) is 9.04. The van der Waals surface area contributed by atoms with E-state index in [-0.39, 0.29) is 5.54 Å². The minimum atomic E-state index is -5.08. The second kappa shape index (κ2) is 10.5. The number of hydrogen-bond donors (Lipinski definition) is 1. The molecule has 8 heteroatoms. The summed E-state index contributed by atoms with van der Waals surface area (Å²) in [5, 5.41) is 7.12. The van der Waals surface area contributed by atoms with E-state index in [9.17, 15) is 18.0 Å². The van der Waals surface area contributed by atoms with Crippen LogP contribution < -0.4 is 0 Å². The lowest BCUT2D eigenvalue weighted by Gasteiger charge is -2.38. The van der Waals surface area contributed by atoms with Gasteiger partial charge in [0.05, 0.1) is 0 Å². The van der Waals surface area contributed by atoms with Gasteiger partial charge >= 0.3 is 12.1 Å². The summed E-state index contributed by atoms with van der Waals surface area (Å²) in [5.41, 5.74) is 2.65. The summed E-state index contributed by atoms with van der Waals surface area (Å²) in [7, 11) is 0. The van der Waals surface area contributed by atoms with Gasteiger partial charge in [-0.25, -0.2) is 4.79 Å². The zero-order valence-electron chi connectivity index (χ0n) is 18.5. The van der Waals surface area contributed by atoms with E-state index < -0.39 is 12.1 Å². The fourth-order valence-corrected chi connectivity index (χ4v) is 4.46. The predicted octanol–water partition coefficient (Wildman–Crippen LogP) is 4.63. The Morgan fingerprint density at radius 2 is 1.74 bits per heavy atom. The molecule has 2 aliphatic heterocycles. The third kappa shape index (κ3) is 7.23. The first-order valence-corrected chi connectivity index (χ1v) is 10.8. The third-order valence-electron chi connectivity index (χ3n) is 6.01. The van der Waals surface area contributed by atoms with Crippen LogP contribution >= 0.6 is 0 Å². The van der Waals surface area contributed by atoms with E-state index in [2.05, 4.69) is 54.8 Å². The number of carboxylic acid groups (broad SMARTS) is 1. The Balaban J connectivity index is 0.000000423. The summed E-state index contributed by atoms with van der Waals surface area (Å²) in [6.07, 6.45) is 0.212. The Morgan fingerprint density at radius 3 is 2.29 bits per heavy atom. The maximum atomic E-state index is 12.6. The maximum absolute atomic E-state index is 12.6. The number of carboxylic acids is 1. The van der Waals surface area contributed by atoms with Crippen molar-refractivity contribution in [2.24, 2.45) is 5.92 Å². The highest BCUT2D eigenvalue weighted by atomic mass is 19.4. The van der Waals surface area contributed by atoms with E-state index in [1.165, 1.54) is 37.1 Å². The van der Waals surface area contributed by atoms with Crippen LogP contribution in [0.3, 0.4) is 0 Å². The standard InChI is InChI=1S/C21H32N2O.C2HF3O2/c1-17(2)15-22-13-4-10-21(12-14-22)11-9-20(24)23(21)16-19-7-5-18(3)6-8-19;3-2(4,5)1(6)7/h5-8,17H,4,9-16H2,1-3H3;(H,6,7). The molecule has 2 saturated heterocycles. The van der Waals surface area contributed by atoms with Gasteiger partial charge in [0.1, 0.15) is 0 Å². The van der Waals surface area contributed by atoms with E-state index in [0.29, 0.717) is 11.8 Å². The van der Waals surface area contributed by atoms with E-state index in [1.807, 2.05) is 0 Å². The van der Waals surface area contributed by atoms with Crippen molar-refractivity contribution >= 4 is 11.9 Å². The van der Waals surface area contributed by atoms with E-state index in [4.69, 9.17) is 9.90 Å². The normalized spacial score (nSPS) is 22.4. The van der Waals surface area contributed by atoms with Crippen LogP contribution in [0, 0.1) is 12.8 Å². The number of benzene rings is 1. The van der Waals surface area contributed by atoms with Crippen LogP contribution in [0.15, 0.2) is 24.3 Å². The topological polar surface area (TPSA) is 60.9 Å². The van der Waals surface area contributed by atoms with Gasteiger partial charge in [0.2, 0.25) is 5.91 Å². The predicted molar refractivity (Wildman–Crippen MR) is 113 cm³/mol. The highest BCUT2D eigenvalue weighted by Crippen LogP contribution is 2.40. The van der Waals surface area contributed by atoms with Crippen LogP contribution in [0.25, 0.3) is 0 Å². The van der Waals surface area contributed by atoms with E-state index in [0.717, 1.165) is 32.4 Å². The first-order valence-electron chi connectivity index (χ1n) is 10.8. The van der Waals surface area contributed by atoms with Gasteiger partial charge < -0.3 is 14.9 Å². The van der Waals surface area contributed by atoms with Gasteiger partial charge in [0.25, 0.3) is 0 Å². The Hall–Kier alpha value is -2.09. The number of hydrogen-bond acceptors (Lipinski definition) is 3. The Morgan fingerprint density at radius 1 is 1.13 bits per heavy atom. The average Bonchev–Trinajstić information content (AvgIpc) is 2.84. The molecule has 1 aromatic rings. The Bertz CT molecular complexity index is 749. The highest BCUT2D eigenvalue weighted by Gasteiger charge is 2.45. The summed E-state index contributed by atoms with van der Waals surface area (Å²) >= 11 is 0. The van der Waals surface area contributed by atoms with Gasteiger partial charge in [0.15, 0.2) is 0 Å². The SMILES string of the molecule is Cc1ccc(CN2C(=O)CCC23CCCN(CC(C)C)CC3)cc1.O=C(O)C(F)(F)F. The molecule has 31 heavy (non-hydrogen) atoms. The number of aliphatic carboxylic acids is 1. The minimum Gasteiger partial charge on any atom is -0.475 e. The second-order valence-electron chi connectivity index (χ2n) is 9.04. The van der Waals surface area contributed by atoms with Gasteiger partial charge in [-0.2, -0.15) is 13.2 Å². The molecule has 1 atom stereocenters. The fourth-order valence-electron chi connectivity index (χ4n) is 4.46. The van der Waals surface area contributed by atoms with Gasteiger partial charge in [0, 0.05) is 31.6 Å². The fraction of sp³-hybridized carbons (Fsp3) is 0.652. The summed E-state index contributed by atoms with van der Waals surface area (Å²) < 4.78 is 31.7. The number of likely N-dealkylation sites (tertiary alicyclic amines) is 2. The van der Waals surface area contributed by atoms with E-state index in [1.54, 1.807) is 0 Å². The lowest BCUT2D eigenvalue weighted by Crippen LogP contribution is -2.46. The lowest BCUT2D eigenvalue weighted by atomic mass is 9.87.